The highest BCUT2D eigenvalue weighted by Crippen LogP contribution is 2.31. The van der Waals surface area contributed by atoms with Gasteiger partial charge in [-0.2, -0.15) is 13.2 Å². The van der Waals surface area contributed by atoms with E-state index in [4.69, 9.17) is 4.74 Å². The van der Waals surface area contributed by atoms with Crippen LogP contribution >= 0.6 is 24.0 Å². The van der Waals surface area contributed by atoms with E-state index in [2.05, 4.69) is 27.6 Å². The van der Waals surface area contributed by atoms with Gasteiger partial charge >= 0.3 is 6.18 Å². The zero-order valence-corrected chi connectivity index (χ0v) is 19.6. The predicted octanol–water partition coefficient (Wildman–Crippen LogP) is 3.99. The van der Waals surface area contributed by atoms with Gasteiger partial charge in [0.2, 0.25) is 0 Å². The summed E-state index contributed by atoms with van der Waals surface area (Å²) in [6.45, 7) is 5.45. The maximum Gasteiger partial charge on any atom is 0.416 e. The number of nitrogens with zero attached hydrogens (tertiary/aromatic N) is 2. The zero-order chi connectivity index (χ0) is 20.6. The Hall–Kier alpha value is -1.23. The van der Waals surface area contributed by atoms with Gasteiger partial charge in [0.15, 0.2) is 5.96 Å². The van der Waals surface area contributed by atoms with E-state index < -0.39 is 11.7 Å². The fourth-order valence-electron chi connectivity index (χ4n) is 3.32. The molecule has 2 rings (SSSR count). The van der Waals surface area contributed by atoms with Crippen molar-refractivity contribution in [2.45, 2.75) is 38.5 Å². The lowest BCUT2D eigenvalue weighted by Crippen LogP contribution is -2.46. The second-order valence-electron chi connectivity index (χ2n) is 7.28. The summed E-state index contributed by atoms with van der Waals surface area (Å²) in [5, 5.41) is 6.55. The van der Waals surface area contributed by atoms with Gasteiger partial charge in [-0.25, -0.2) is 0 Å². The first kappa shape index (κ1) is 25.8. The lowest BCUT2D eigenvalue weighted by atomic mass is 9.99. The van der Waals surface area contributed by atoms with Crippen LogP contribution in [0.3, 0.4) is 0 Å². The summed E-state index contributed by atoms with van der Waals surface area (Å²) in [7, 11) is 3.84. The minimum Gasteiger partial charge on any atom is -0.489 e. The second kappa shape index (κ2) is 12.5. The van der Waals surface area contributed by atoms with Crippen LogP contribution in [0.5, 0.6) is 5.75 Å². The van der Waals surface area contributed by atoms with Crippen LogP contribution in [0.25, 0.3) is 0 Å². The number of halogens is 4. The predicted molar refractivity (Wildman–Crippen MR) is 121 cm³/mol. The lowest BCUT2D eigenvalue weighted by Gasteiger charge is -2.30. The number of benzene rings is 1. The number of piperidine rings is 1. The van der Waals surface area contributed by atoms with Crippen LogP contribution in [0.1, 0.15) is 31.7 Å². The Labute approximate surface area is 188 Å². The van der Waals surface area contributed by atoms with E-state index in [1.165, 1.54) is 18.9 Å². The highest BCUT2D eigenvalue weighted by Gasteiger charge is 2.30. The Morgan fingerprint density at radius 3 is 2.72 bits per heavy atom. The van der Waals surface area contributed by atoms with E-state index >= 15 is 0 Å². The molecule has 1 saturated heterocycles. The van der Waals surface area contributed by atoms with Crippen molar-refractivity contribution < 1.29 is 17.9 Å². The first-order valence-corrected chi connectivity index (χ1v) is 9.78. The number of alkyl halides is 3. The number of aliphatic imine (C=N–C) groups is 1. The Morgan fingerprint density at radius 1 is 1.34 bits per heavy atom. The fourth-order valence-corrected chi connectivity index (χ4v) is 3.32. The molecule has 0 amide bonds. The number of rotatable bonds is 7. The maximum atomic E-state index is 12.9. The van der Waals surface area contributed by atoms with Gasteiger partial charge in [0.25, 0.3) is 0 Å². The molecule has 1 fully saturated rings. The molecule has 0 bridgehead atoms. The summed E-state index contributed by atoms with van der Waals surface area (Å²) in [6, 6.07) is 4.99. The molecule has 0 aliphatic carbocycles. The van der Waals surface area contributed by atoms with Gasteiger partial charge in [0.05, 0.1) is 12.1 Å². The first-order valence-electron chi connectivity index (χ1n) is 9.78. The van der Waals surface area contributed by atoms with Crippen LogP contribution in [0.15, 0.2) is 29.3 Å². The monoisotopic (exact) mass is 528 g/mol. The Bertz CT molecular complexity index is 642. The average Bonchev–Trinajstić information content (AvgIpc) is 2.66. The fraction of sp³-hybridized carbons (Fsp3) is 0.650. The minimum atomic E-state index is -4.38. The number of likely N-dealkylation sites (tertiary alicyclic amines) is 1. The van der Waals surface area contributed by atoms with Gasteiger partial charge in [-0.05, 0) is 57.0 Å². The molecule has 0 aromatic heterocycles. The van der Waals surface area contributed by atoms with E-state index in [1.807, 2.05) is 6.92 Å². The van der Waals surface area contributed by atoms with Crippen molar-refractivity contribution in [3.05, 3.63) is 29.8 Å². The molecule has 5 nitrogen and oxygen atoms in total. The third-order valence-corrected chi connectivity index (χ3v) is 4.92. The van der Waals surface area contributed by atoms with Gasteiger partial charge < -0.3 is 20.3 Å². The standard InChI is InChI=1S/C20H31F3N4O.HI/c1-4-17(28-18-9-5-8-16(11-18)20(21,22)23)13-26-19(24-2)25-12-15-7-6-10-27(3)14-15;/h5,8-9,11,15,17H,4,6-7,10,12-14H2,1-3H3,(H2,24,25,26);1H. The van der Waals surface area contributed by atoms with Crippen molar-refractivity contribution in [2.24, 2.45) is 10.9 Å². The smallest absolute Gasteiger partial charge is 0.416 e. The molecule has 1 aromatic rings. The van der Waals surface area contributed by atoms with E-state index in [-0.39, 0.29) is 35.8 Å². The largest absolute Gasteiger partial charge is 0.489 e. The van der Waals surface area contributed by atoms with Crippen molar-refractivity contribution >= 4 is 29.9 Å². The topological polar surface area (TPSA) is 48.9 Å². The van der Waals surface area contributed by atoms with Crippen LogP contribution in [-0.4, -0.2) is 57.2 Å². The first-order chi connectivity index (χ1) is 13.3. The van der Waals surface area contributed by atoms with E-state index in [1.54, 1.807) is 13.1 Å². The van der Waals surface area contributed by atoms with Crippen molar-refractivity contribution in [2.75, 3.05) is 40.3 Å². The summed E-state index contributed by atoms with van der Waals surface area (Å²) >= 11 is 0. The molecular weight excluding hydrogens is 496 g/mol. The van der Waals surface area contributed by atoms with Crippen LogP contribution in [0.4, 0.5) is 13.2 Å². The summed E-state index contributed by atoms with van der Waals surface area (Å²) < 4.78 is 44.3. The van der Waals surface area contributed by atoms with E-state index in [0.717, 1.165) is 31.8 Å². The molecule has 1 aromatic carbocycles. The van der Waals surface area contributed by atoms with Crippen molar-refractivity contribution in [1.29, 1.82) is 0 Å². The zero-order valence-electron chi connectivity index (χ0n) is 17.3. The number of nitrogens with one attached hydrogen (secondary N) is 2. The van der Waals surface area contributed by atoms with Gasteiger partial charge in [-0.1, -0.05) is 13.0 Å². The molecule has 166 valence electrons. The normalized spacial score (nSPS) is 19.2. The third kappa shape index (κ3) is 8.98. The van der Waals surface area contributed by atoms with Gasteiger partial charge in [-0.15, -0.1) is 24.0 Å². The van der Waals surface area contributed by atoms with Gasteiger partial charge in [-0.3, -0.25) is 4.99 Å². The summed E-state index contributed by atoms with van der Waals surface area (Å²) in [6.07, 6.45) is -1.57. The van der Waals surface area contributed by atoms with Crippen molar-refractivity contribution in [3.8, 4) is 5.75 Å². The summed E-state index contributed by atoms with van der Waals surface area (Å²) in [5.74, 6) is 1.48. The molecule has 29 heavy (non-hydrogen) atoms. The highest BCUT2D eigenvalue weighted by atomic mass is 127. The molecule has 9 heteroatoms. The summed E-state index contributed by atoms with van der Waals surface area (Å²) in [5.41, 5.74) is -0.706. The van der Waals surface area contributed by atoms with Crippen LogP contribution in [0, 0.1) is 5.92 Å². The van der Waals surface area contributed by atoms with Crippen molar-refractivity contribution in [1.82, 2.24) is 15.5 Å². The molecule has 1 heterocycles. The third-order valence-electron chi connectivity index (χ3n) is 4.92. The molecule has 2 N–H and O–H groups in total. The Morgan fingerprint density at radius 2 is 2.10 bits per heavy atom. The van der Waals surface area contributed by atoms with E-state index in [9.17, 15) is 13.2 Å². The highest BCUT2D eigenvalue weighted by molar-refractivity contribution is 14.0. The number of guanidine groups is 1. The lowest BCUT2D eigenvalue weighted by molar-refractivity contribution is -0.137. The molecule has 2 unspecified atom stereocenters. The number of ether oxygens (including phenoxy) is 1. The van der Waals surface area contributed by atoms with Crippen LogP contribution in [0.2, 0.25) is 0 Å². The molecule has 0 saturated carbocycles. The quantitative estimate of drug-likeness (QED) is 0.320. The molecule has 1 aliphatic heterocycles. The SMILES string of the molecule is CCC(CNC(=NC)NCC1CCCN(C)C1)Oc1cccc(C(F)(F)F)c1.I. The van der Waals surface area contributed by atoms with Gasteiger partial charge in [0.1, 0.15) is 11.9 Å². The minimum absolute atomic E-state index is 0. The number of hydrogen-bond acceptors (Lipinski definition) is 3. The molecule has 0 radical (unpaired) electrons. The Kier molecular flexibility index (Phi) is 11.1. The van der Waals surface area contributed by atoms with Crippen LogP contribution in [-0.2, 0) is 6.18 Å². The molecular formula is C20H32F3IN4O. The molecule has 0 spiro atoms. The number of hydrogen-bond donors (Lipinski definition) is 2. The average molecular weight is 528 g/mol. The van der Waals surface area contributed by atoms with Crippen LogP contribution < -0.4 is 15.4 Å². The van der Waals surface area contributed by atoms with Gasteiger partial charge in [0, 0.05) is 20.1 Å². The molecule has 1 aliphatic rings. The van der Waals surface area contributed by atoms with Crippen molar-refractivity contribution in [3.63, 3.8) is 0 Å². The maximum absolute atomic E-state index is 12.9. The molecule has 2 atom stereocenters. The summed E-state index contributed by atoms with van der Waals surface area (Å²) in [4.78, 5) is 6.56. The Balaban J connectivity index is 0.00000420. The van der Waals surface area contributed by atoms with E-state index in [0.29, 0.717) is 24.8 Å². The second-order valence-corrected chi connectivity index (χ2v) is 7.28.